The van der Waals surface area contributed by atoms with Gasteiger partial charge < -0.3 is 4.42 Å². The van der Waals surface area contributed by atoms with Gasteiger partial charge in [0.05, 0.1) is 0 Å². The SMILES string of the molecule is CC1(C)c2ccccc2-c2ccc(-c3ccc(-c4nc5c(-c6ccc(-c7nc(-c8ccccc8)nc(-c8ccccc8)n7)cc6)cccc5o4)cc3)cc21. The summed E-state index contributed by atoms with van der Waals surface area (Å²) in [5.41, 5.74) is 15.1. The molecule has 10 rings (SSSR count). The zero-order valence-electron chi connectivity index (χ0n) is 29.9. The van der Waals surface area contributed by atoms with Crippen molar-refractivity contribution < 1.29 is 4.42 Å². The van der Waals surface area contributed by atoms with Crippen LogP contribution in [0.15, 0.2) is 174 Å². The van der Waals surface area contributed by atoms with Crippen LogP contribution >= 0.6 is 0 Å². The van der Waals surface area contributed by atoms with Crippen molar-refractivity contribution in [1.29, 1.82) is 0 Å². The van der Waals surface area contributed by atoms with Crippen molar-refractivity contribution in [2.24, 2.45) is 0 Å². The molecule has 0 atom stereocenters. The van der Waals surface area contributed by atoms with Crippen LogP contribution in [0.5, 0.6) is 0 Å². The predicted molar refractivity (Wildman–Crippen MR) is 218 cm³/mol. The second-order valence-electron chi connectivity index (χ2n) is 14.3. The minimum absolute atomic E-state index is 0.0390. The molecule has 0 aliphatic heterocycles. The number of fused-ring (bicyclic) bond motifs is 4. The number of para-hydroxylation sites is 1. The van der Waals surface area contributed by atoms with Crippen LogP contribution in [0.1, 0.15) is 25.0 Å². The summed E-state index contributed by atoms with van der Waals surface area (Å²) in [6.45, 7) is 4.64. The fraction of sp³-hybridized carbons (Fsp3) is 0.0612. The zero-order chi connectivity index (χ0) is 36.2. The maximum absolute atomic E-state index is 6.35. The number of hydrogen-bond acceptors (Lipinski definition) is 5. The summed E-state index contributed by atoms with van der Waals surface area (Å²) >= 11 is 0. The smallest absolute Gasteiger partial charge is 0.227 e. The van der Waals surface area contributed by atoms with Gasteiger partial charge in [-0.1, -0.05) is 159 Å². The lowest BCUT2D eigenvalue weighted by Crippen LogP contribution is -2.14. The zero-order valence-corrected chi connectivity index (χ0v) is 29.9. The summed E-state index contributed by atoms with van der Waals surface area (Å²) in [4.78, 5) is 19.6. The van der Waals surface area contributed by atoms with Crippen LogP contribution in [0, 0.1) is 0 Å². The van der Waals surface area contributed by atoms with Crippen molar-refractivity contribution in [3.8, 4) is 79.0 Å². The summed E-state index contributed by atoms with van der Waals surface area (Å²) in [7, 11) is 0. The van der Waals surface area contributed by atoms with E-state index in [0.717, 1.165) is 50.0 Å². The van der Waals surface area contributed by atoms with Gasteiger partial charge in [-0.25, -0.2) is 19.9 Å². The number of hydrogen-bond donors (Lipinski definition) is 0. The second kappa shape index (κ2) is 12.6. The van der Waals surface area contributed by atoms with Crippen LogP contribution in [0.4, 0.5) is 0 Å². The molecule has 54 heavy (non-hydrogen) atoms. The maximum Gasteiger partial charge on any atom is 0.227 e. The first kappa shape index (κ1) is 31.7. The molecule has 1 aliphatic carbocycles. The molecule has 0 fully saturated rings. The monoisotopic (exact) mass is 694 g/mol. The van der Waals surface area contributed by atoms with Crippen molar-refractivity contribution in [1.82, 2.24) is 19.9 Å². The third-order valence-corrected chi connectivity index (χ3v) is 10.6. The van der Waals surface area contributed by atoms with Crippen LogP contribution in [0.2, 0.25) is 0 Å². The van der Waals surface area contributed by atoms with Crippen molar-refractivity contribution >= 4 is 11.1 Å². The summed E-state index contributed by atoms with van der Waals surface area (Å²) in [6.07, 6.45) is 0. The average molecular weight is 695 g/mol. The molecule has 0 amide bonds. The lowest BCUT2D eigenvalue weighted by molar-refractivity contribution is 0.620. The van der Waals surface area contributed by atoms with Gasteiger partial charge in [-0.3, -0.25) is 0 Å². The molecule has 0 radical (unpaired) electrons. The van der Waals surface area contributed by atoms with Crippen LogP contribution < -0.4 is 0 Å². The molecule has 5 nitrogen and oxygen atoms in total. The lowest BCUT2D eigenvalue weighted by Gasteiger charge is -2.22. The quantitative estimate of drug-likeness (QED) is 0.173. The van der Waals surface area contributed by atoms with E-state index in [9.17, 15) is 0 Å². The topological polar surface area (TPSA) is 64.7 Å². The number of nitrogens with zero attached hydrogens (tertiary/aromatic N) is 4. The highest BCUT2D eigenvalue weighted by molar-refractivity contribution is 5.92. The molecule has 1 aliphatic rings. The van der Waals surface area contributed by atoms with Crippen LogP contribution in [0.3, 0.4) is 0 Å². The van der Waals surface area contributed by atoms with E-state index in [0.29, 0.717) is 23.4 Å². The van der Waals surface area contributed by atoms with Crippen LogP contribution in [-0.2, 0) is 5.41 Å². The molecule has 7 aromatic carbocycles. The number of benzene rings is 7. The molecule has 0 bridgehead atoms. The van der Waals surface area contributed by atoms with Gasteiger partial charge in [0.1, 0.15) is 5.52 Å². The Morgan fingerprint density at radius 1 is 0.370 bits per heavy atom. The third kappa shape index (κ3) is 5.41. The number of rotatable bonds is 6. The minimum atomic E-state index is -0.0390. The van der Waals surface area contributed by atoms with Crippen molar-refractivity contribution in [3.63, 3.8) is 0 Å². The number of aromatic nitrogens is 4. The van der Waals surface area contributed by atoms with Crippen molar-refractivity contribution in [2.75, 3.05) is 0 Å². The average Bonchev–Trinajstić information content (AvgIpc) is 3.78. The van der Waals surface area contributed by atoms with E-state index in [1.807, 2.05) is 72.8 Å². The first-order valence-corrected chi connectivity index (χ1v) is 18.2. The van der Waals surface area contributed by atoms with Gasteiger partial charge in [0.25, 0.3) is 0 Å². The Morgan fingerprint density at radius 2 is 0.870 bits per heavy atom. The van der Waals surface area contributed by atoms with E-state index in [1.165, 1.54) is 27.8 Å². The van der Waals surface area contributed by atoms with Crippen molar-refractivity contribution in [3.05, 3.63) is 181 Å². The molecular weight excluding hydrogens is 661 g/mol. The fourth-order valence-corrected chi connectivity index (χ4v) is 7.73. The molecule has 0 unspecified atom stereocenters. The molecule has 2 heterocycles. The molecule has 0 saturated heterocycles. The summed E-state index contributed by atoms with van der Waals surface area (Å²) in [5.74, 6) is 2.49. The normalized spacial score (nSPS) is 12.8. The van der Waals surface area contributed by atoms with E-state index in [2.05, 4.69) is 111 Å². The summed E-state index contributed by atoms with van der Waals surface area (Å²) < 4.78 is 6.35. The highest BCUT2D eigenvalue weighted by Gasteiger charge is 2.35. The van der Waals surface area contributed by atoms with Crippen LogP contribution in [-0.4, -0.2) is 19.9 Å². The van der Waals surface area contributed by atoms with Crippen molar-refractivity contribution in [2.45, 2.75) is 19.3 Å². The predicted octanol–water partition coefficient (Wildman–Crippen LogP) is 12.3. The highest BCUT2D eigenvalue weighted by atomic mass is 16.3. The van der Waals surface area contributed by atoms with Gasteiger partial charge in [0.15, 0.2) is 23.1 Å². The summed E-state index contributed by atoms with van der Waals surface area (Å²) in [6, 6.07) is 58.6. The largest absolute Gasteiger partial charge is 0.436 e. The Balaban J connectivity index is 0.950. The molecular formula is C49H34N4O. The molecule has 256 valence electrons. The Kier molecular flexibility index (Phi) is 7.41. The lowest BCUT2D eigenvalue weighted by atomic mass is 9.81. The standard InChI is InChI=1S/C49H34N4O/c1-49(2)41-18-10-9-16-39(41)40-29-28-37(30-42(40)49)31-20-26-36(27-21-31)48-50-44-38(17-11-19-43(44)54-48)32-22-24-35(25-23-32)47-52-45(33-12-5-3-6-13-33)51-46(53-47)34-14-7-4-8-15-34/h3-30H,1-2H3. The Bertz CT molecular complexity index is 2770. The third-order valence-electron chi connectivity index (χ3n) is 10.6. The van der Waals surface area contributed by atoms with E-state index in [-0.39, 0.29) is 5.41 Å². The Hall–Kier alpha value is -6.98. The fourth-order valence-electron chi connectivity index (χ4n) is 7.73. The van der Waals surface area contributed by atoms with E-state index < -0.39 is 0 Å². The molecule has 2 aromatic heterocycles. The van der Waals surface area contributed by atoms with Crippen LogP contribution in [0.25, 0.3) is 90.1 Å². The first-order chi connectivity index (χ1) is 26.5. The van der Waals surface area contributed by atoms with E-state index in [4.69, 9.17) is 24.4 Å². The van der Waals surface area contributed by atoms with E-state index in [1.54, 1.807) is 0 Å². The Morgan fingerprint density at radius 3 is 1.54 bits per heavy atom. The van der Waals surface area contributed by atoms with Gasteiger partial charge in [-0.05, 0) is 63.2 Å². The van der Waals surface area contributed by atoms with E-state index >= 15 is 0 Å². The second-order valence-corrected chi connectivity index (χ2v) is 14.3. The van der Waals surface area contributed by atoms with Gasteiger partial charge in [0.2, 0.25) is 5.89 Å². The van der Waals surface area contributed by atoms with Gasteiger partial charge >= 0.3 is 0 Å². The first-order valence-electron chi connectivity index (χ1n) is 18.2. The summed E-state index contributed by atoms with van der Waals surface area (Å²) in [5, 5.41) is 0. The minimum Gasteiger partial charge on any atom is -0.436 e. The molecule has 0 spiro atoms. The Labute approximate surface area is 313 Å². The maximum atomic E-state index is 6.35. The van der Waals surface area contributed by atoms with Gasteiger partial charge in [0, 0.05) is 33.2 Å². The molecule has 0 saturated carbocycles. The molecule has 9 aromatic rings. The van der Waals surface area contributed by atoms with Gasteiger partial charge in [-0.2, -0.15) is 0 Å². The highest BCUT2D eigenvalue weighted by Crippen LogP contribution is 2.49. The number of oxazole rings is 1. The molecule has 5 heteroatoms. The molecule has 0 N–H and O–H groups in total. The van der Waals surface area contributed by atoms with Gasteiger partial charge in [-0.15, -0.1) is 0 Å².